The number of halogens is 2. The normalized spacial score (nSPS) is 11.1. The highest BCUT2D eigenvalue weighted by molar-refractivity contribution is 9.10. The molecule has 0 atom stereocenters. The van der Waals surface area contributed by atoms with Crippen molar-refractivity contribution in [3.63, 3.8) is 0 Å². The Morgan fingerprint density at radius 2 is 2.00 bits per heavy atom. The zero-order chi connectivity index (χ0) is 13.9. The molecule has 0 heterocycles. The van der Waals surface area contributed by atoms with Gasteiger partial charge in [-0.2, -0.15) is 4.99 Å². The van der Waals surface area contributed by atoms with Crippen molar-refractivity contribution in [2.24, 2.45) is 27.2 Å². The molecule has 1 aromatic carbocycles. The maximum atomic E-state index is 10.9. The molecule has 0 spiro atoms. The molecule has 0 aliphatic rings. The number of nitro groups is 1. The van der Waals surface area contributed by atoms with Crippen LogP contribution in [0.15, 0.2) is 26.6 Å². The number of benzene rings is 1. The van der Waals surface area contributed by atoms with E-state index >= 15 is 0 Å². The van der Waals surface area contributed by atoms with Gasteiger partial charge in [-0.25, -0.2) is 4.99 Å². The minimum atomic E-state index is -0.641. The van der Waals surface area contributed by atoms with E-state index < -0.39 is 4.92 Å². The van der Waals surface area contributed by atoms with Crippen LogP contribution in [-0.4, -0.2) is 16.8 Å². The molecule has 0 fully saturated rings. The highest BCUT2D eigenvalue weighted by atomic mass is 79.9. The summed E-state index contributed by atoms with van der Waals surface area (Å²) >= 11 is 8.80. The van der Waals surface area contributed by atoms with Gasteiger partial charge in [0.2, 0.25) is 5.96 Å². The highest BCUT2D eigenvalue weighted by Gasteiger charge is 2.18. The van der Waals surface area contributed by atoms with Crippen LogP contribution in [0.5, 0.6) is 0 Å². The fourth-order valence-electron chi connectivity index (χ4n) is 1.07. The van der Waals surface area contributed by atoms with E-state index in [4.69, 9.17) is 28.8 Å². The van der Waals surface area contributed by atoms with Crippen LogP contribution in [0.25, 0.3) is 0 Å². The number of guanidine groups is 2. The van der Waals surface area contributed by atoms with E-state index in [0.717, 1.165) is 6.07 Å². The van der Waals surface area contributed by atoms with E-state index in [9.17, 15) is 10.1 Å². The maximum Gasteiger partial charge on any atom is 0.297 e. The van der Waals surface area contributed by atoms with Crippen LogP contribution < -0.4 is 17.2 Å². The van der Waals surface area contributed by atoms with Crippen LogP contribution in [-0.2, 0) is 0 Å². The summed E-state index contributed by atoms with van der Waals surface area (Å²) in [4.78, 5) is 17.4. The second-order valence-corrected chi connectivity index (χ2v) is 4.31. The lowest BCUT2D eigenvalue weighted by molar-refractivity contribution is -0.384. The molecular formula is C8H8BrClN6O2. The first-order chi connectivity index (χ1) is 8.31. The molecule has 0 unspecified atom stereocenters. The average molecular weight is 336 g/mol. The summed E-state index contributed by atoms with van der Waals surface area (Å²) < 4.78 is 0.301. The molecule has 0 aliphatic carbocycles. The van der Waals surface area contributed by atoms with Crippen LogP contribution in [0, 0.1) is 10.1 Å². The lowest BCUT2D eigenvalue weighted by Gasteiger charge is -2.02. The van der Waals surface area contributed by atoms with Gasteiger partial charge in [-0.05, 0) is 22.0 Å². The molecule has 0 aliphatic heterocycles. The van der Waals surface area contributed by atoms with Crippen molar-refractivity contribution in [3.8, 4) is 0 Å². The molecule has 0 amide bonds. The van der Waals surface area contributed by atoms with Gasteiger partial charge in [0.15, 0.2) is 11.6 Å². The van der Waals surface area contributed by atoms with Crippen molar-refractivity contribution in [1.29, 1.82) is 0 Å². The lowest BCUT2D eigenvalue weighted by atomic mass is 10.3. The molecule has 0 radical (unpaired) electrons. The van der Waals surface area contributed by atoms with Gasteiger partial charge in [0.05, 0.1) is 9.40 Å². The third-order valence-corrected chi connectivity index (χ3v) is 2.50. The minimum Gasteiger partial charge on any atom is -0.370 e. The van der Waals surface area contributed by atoms with Crippen LogP contribution in [0.4, 0.5) is 11.4 Å². The number of hydrogen-bond acceptors (Lipinski definition) is 3. The van der Waals surface area contributed by atoms with Crippen LogP contribution in [0.2, 0.25) is 5.02 Å². The molecule has 0 bridgehead atoms. The number of rotatable bonds is 2. The topological polar surface area (TPSA) is 146 Å². The number of nitrogens with zero attached hydrogens (tertiary/aromatic N) is 3. The quantitative estimate of drug-likeness (QED) is 0.322. The SMILES string of the molecule is NC(N)=NC(N)=Nc1c(Br)cc(Cl)cc1[N+](=O)[O-]. The second-order valence-electron chi connectivity index (χ2n) is 3.02. The Kier molecular flexibility index (Phi) is 4.45. The molecule has 0 saturated carbocycles. The van der Waals surface area contributed by atoms with Gasteiger partial charge < -0.3 is 17.2 Å². The Hall–Kier alpha value is -1.87. The first kappa shape index (κ1) is 14.2. The molecule has 8 nitrogen and oxygen atoms in total. The predicted octanol–water partition coefficient (Wildman–Crippen LogP) is 1.23. The lowest BCUT2D eigenvalue weighted by Crippen LogP contribution is -2.26. The van der Waals surface area contributed by atoms with Crippen LogP contribution >= 0.6 is 27.5 Å². The van der Waals surface area contributed by atoms with Crippen molar-refractivity contribution in [3.05, 3.63) is 31.7 Å². The first-order valence-electron chi connectivity index (χ1n) is 4.38. The molecule has 1 rings (SSSR count). The van der Waals surface area contributed by atoms with Gasteiger partial charge in [0.1, 0.15) is 0 Å². The Bertz CT molecular complexity index is 555. The zero-order valence-corrected chi connectivity index (χ0v) is 11.1. The zero-order valence-electron chi connectivity index (χ0n) is 8.80. The minimum absolute atomic E-state index is 0.0214. The largest absolute Gasteiger partial charge is 0.370 e. The average Bonchev–Trinajstić information content (AvgIpc) is 2.20. The van der Waals surface area contributed by atoms with E-state index in [2.05, 4.69) is 25.9 Å². The number of nitrogens with two attached hydrogens (primary N) is 3. The Morgan fingerprint density at radius 1 is 1.39 bits per heavy atom. The smallest absolute Gasteiger partial charge is 0.297 e. The van der Waals surface area contributed by atoms with Crippen LogP contribution in [0.3, 0.4) is 0 Å². The summed E-state index contributed by atoms with van der Waals surface area (Å²) in [5.41, 5.74) is 15.3. The molecule has 10 heteroatoms. The van der Waals surface area contributed by atoms with Crippen molar-refractivity contribution >= 4 is 50.8 Å². The summed E-state index contributed by atoms with van der Waals surface area (Å²) in [6.07, 6.45) is 0. The third kappa shape index (κ3) is 3.57. The molecule has 1 aromatic rings. The van der Waals surface area contributed by atoms with Crippen LogP contribution in [0.1, 0.15) is 0 Å². The fraction of sp³-hybridized carbons (Fsp3) is 0. The Morgan fingerprint density at radius 3 is 2.50 bits per heavy atom. The van der Waals surface area contributed by atoms with Crippen molar-refractivity contribution in [2.45, 2.75) is 0 Å². The summed E-state index contributed by atoms with van der Waals surface area (Å²) in [7, 11) is 0. The van der Waals surface area contributed by atoms with Gasteiger partial charge >= 0.3 is 0 Å². The number of aliphatic imine (C=N–C) groups is 2. The third-order valence-electron chi connectivity index (χ3n) is 1.67. The van der Waals surface area contributed by atoms with Gasteiger partial charge in [-0.15, -0.1) is 0 Å². The molecule has 18 heavy (non-hydrogen) atoms. The van der Waals surface area contributed by atoms with E-state index in [0.29, 0.717) is 4.47 Å². The summed E-state index contributed by atoms with van der Waals surface area (Å²) in [5, 5.41) is 11.0. The van der Waals surface area contributed by atoms with Crippen molar-refractivity contribution in [1.82, 2.24) is 0 Å². The standard InChI is InChI=1S/C8H8BrClN6O2/c9-4-1-3(10)2-5(16(17)18)6(4)14-8(13)15-7(11)12/h1-2H,(H6,11,12,13,14,15). The maximum absolute atomic E-state index is 10.9. The highest BCUT2D eigenvalue weighted by Crippen LogP contribution is 2.37. The number of nitro benzene ring substituents is 1. The van der Waals surface area contributed by atoms with E-state index in [1.807, 2.05) is 0 Å². The number of hydrogen-bond donors (Lipinski definition) is 3. The predicted molar refractivity (Wildman–Crippen MR) is 72.9 cm³/mol. The monoisotopic (exact) mass is 334 g/mol. The summed E-state index contributed by atoms with van der Waals surface area (Å²) in [6, 6.07) is 2.59. The fourth-order valence-corrected chi connectivity index (χ4v) is 1.96. The molecular weight excluding hydrogens is 327 g/mol. The Labute approximate surface area is 115 Å². The van der Waals surface area contributed by atoms with Gasteiger partial charge in [-0.1, -0.05) is 11.6 Å². The van der Waals surface area contributed by atoms with Gasteiger partial charge in [0, 0.05) is 11.1 Å². The Balaban J connectivity index is 3.40. The molecule has 0 aromatic heterocycles. The van der Waals surface area contributed by atoms with Gasteiger partial charge in [0.25, 0.3) is 5.69 Å². The summed E-state index contributed by atoms with van der Waals surface area (Å²) in [6.45, 7) is 0. The molecule has 6 N–H and O–H groups in total. The molecule has 0 saturated heterocycles. The van der Waals surface area contributed by atoms with E-state index in [1.54, 1.807) is 0 Å². The van der Waals surface area contributed by atoms with E-state index in [1.165, 1.54) is 6.07 Å². The summed E-state index contributed by atoms with van der Waals surface area (Å²) in [5.74, 6) is -0.606. The first-order valence-corrected chi connectivity index (χ1v) is 5.55. The van der Waals surface area contributed by atoms with Crippen molar-refractivity contribution in [2.75, 3.05) is 0 Å². The van der Waals surface area contributed by atoms with Gasteiger partial charge in [-0.3, -0.25) is 10.1 Å². The van der Waals surface area contributed by atoms with Crippen molar-refractivity contribution < 1.29 is 4.92 Å². The molecule has 96 valence electrons. The second kappa shape index (κ2) is 5.65. The van der Waals surface area contributed by atoms with E-state index in [-0.39, 0.29) is 28.3 Å².